The molecule has 0 bridgehead atoms. The number of anilines is 1. The molecule has 2 saturated heterocycles. The largest absolute Gasteiger partial charge is 0.573 e. The molecule has 1 aromatic carbocycles. The van der Waals surface area contributed by atoms with E-state index < -0.39 is 24.0 Å². The lowest BCUT2D eigenvalue weighted by Crippen LogP contribution is -2.49. The third-order valence-corrected chi connectivity index (χ3v) is 4.84. The van der Waals surface area contributed by atoms with Crippen molar-refractivity contribution < 1.29 is 36.6 Å². The van der Waals surface area contributed by atoms with Crippen LogP contribution >= 0.6 is 0 Å². The summed E-state index contributed by atoms with van der Waals surface area (Å²) in [5.41, 5.74) is -0.0108. The minimum absolute atomic E-state index is 0.0108. The van der Waals surface area contributed by atoms with Gasteiger partial charge in [0.25, 0.3) is 0 Å². The number of nitrogens with one attached hydrogen (secondary N) is 2. The molecule has 1 atom stereocenters. The van der Waals surface area contributed by atoms with Crippen molar-refractivity contribution in [3.63, 3.8) is 0 Å². The Hall–Kier alpha value is -2.56. The number of carbonyl (C=O) groups excluding carboxylic acids is 2. The minimum atomic E-state index is -5.01. The fraction of sp³-hybridized carbons (Fsp3) is 0.556. The van der Waals surface area contributed by atoms with Gasteiger partial charge in [0.05, 0.1) is 12.5 Å². The Morgan fingerprint density at radius 2 is 1.90 bits per heavy atom. The number of benzene rings is 1. The third-order valence-electron chi connectivity index (χ3n) is 4.84. The van der Waals surface area contributed by atoms with Crippen LogP contribution in [0.5, 0.6) is 5.75 Å². The number of hydrogen-bond donors (Lipinski definition) is 2. The zero-order valence-corrected chi connectivity index (χ0v) is 15.4. The number of amides is 3. The Morgan fingerprint density at radius 1 is 1.17 bits per heavy atom. The number of rotatable bonds is 4. The summed E-state index contributed by atoms with van der Waals surface area (Å²) < 4.78 is 58.9. The van der Waals surface area contributed by atoms with Gasteiger partial charge in [0, 0.05) is 37.5 Å². The second-order valence-corrected chi connectivity index (χ2v) is 6.95. The monoisotopic (exact) mass is 419 g/mol. The van der Waals surface area contributed by atoms with E-state index in [1.807, 2.05) is 0 Å². The van der Waals surface area contributed by atoms with Crippen LogP contribution in [0.2, 0.25) is 0 Å². The molecule has 29 heavy (non-hydrogen) atoms. The van der Waals surface area contributed by atoms with Gasteiger partial charge in [0.2, 0.25) is 5.91 Å². The second kappa shape index (κ2) is 8.85. The van der Waals surface area contributed by atoms with E-state index in [1.54, 1.807) is 4.90 Å². The van der Waals surface area contributed by atoms with Crippen molar-refractivity contribution in [2.24, 2.45) is 5.92 Å². The molecule has 2 fully saturated rings. The molecule has 2 aliphatic heterocycles. The van der Waals surface area contributed by atoms with E-state index in [1.165, 1.54) is 0 Å². The van der Waals surface area contributed by atoms with E-state index in [2.05, 4.69) is 15.4 Å². The highest BCUT2D eigenvalue weighted by Gasteiger charge is 2.33. The predicted octanol–water partition coefficient (Wildman–Crippen LogP) is 2.87. The number of alkyl halides is 3. The van der Waals surface area contributed by atoms with Crippen LogP contribution in [-0.4, -0.2) is 55.5 Å². The van der Waals surface area contributed by atoms with Crippen LogP contribution in [0.3, 0.4) is 0 Å². The standard InChI is InChI=1S/C18H21F4N3O4/c19-14-9-13(1-2-15(14)29-18(20,21)22)24-17(27)23-12-3-6-25(7-4-12)16(26)11-5-8-28-10-11/h1-2,9,11-12H,3-8,10H2,(H2,23,24,27). The van der Waals surface area contributed by atoms with Gasteiger partial charge in [0.15, 0.2) is 11.6 Å². The fourth-order valence-electron chi connectivity index (χ4n) is 3.37. The zero-order chi connectivity index (χ0) is 21.0. The van der Waals surface area contributed by atoms with Gasteiger partial charge >= 0.3 is 12.4 Å². The van der Waals surface area contributed by atoms with Crippen LogP contribution in [0.25, 0.3) is 0 Å². The maximum absolute atomic E-state index is 13.7. The normalized spacial score (nSPS) is 20.4. The van der Waals surface area contributed by atoms with Crippen LogP contribution < -0.4 is 15.4 Å². The summed E-state index contributed by atoms with van der Waals surface area (Å²) in [5, 5.41) is 5.10. The van der Waals surface area contributed by atoms with Crippen molar-refractivity contribution in [2.45, 2.75) is 31.7 Å². The number of carbonyl (C=O) groups is 2. The quantitative estimate of drug-likeness (QED) is 0.736. The summed E-state index contributed by atoms with van der Waals surface area (Å²) in [6, 6.07) is 1.86. The number of urea groups is 1. The first-order chi connectivity index (χ1) is 13.7. The lowest BCUT2D eigenvalue weighted by Gasteiger charge is -2.33. The molecule has 0 radical (unpaired) electrons. The first-order valence-corrected chi connectivity index (χ1v) is 9.20. The van der Waals surface area contributed by atoms with Crippen molar-refractivity contribution in [1.29, 1.82) is 0 Å². The molecular weight excluding hydrogens is 398 g/mol. The second-order valence-electron chi connectivity index (χ2n) is 6.95. The number of nitrogens with zero attached hydrogens (tertiary/aromatic N) is 1. The van der Waals surface area contributed by atoms with Gasteiger partial charge in [-0.25, -0.2) is 9.18 Å². The van der Waals surface area contributed by atoms with Gasteiger partial charge in [-0.2, -0.15) is 0 Å². The van der Waals surface area contributed by atoms with Gasteiger partial charge in [-0.05, 0) is 31.4 Å². The highest BCUT2D eigenvalue weighted by molar-refractivity contribution is 5.89. The number of halogens is 4. The highest BCUT2D eigenvalue weighted by Crippen LogP contribution is 2.27. The van der Waals surface area contributed by atoms with E-state index in [0.717, 1.165) is 24.6 Å². The highest BCUT2D eigenvalue weighted by atomic mass is 19.4. The Kier molecular flexibility index (Phi) is 6.46. The lowest BCUT2D eigenvalue weighted by atomic mass is 10.0. The molecule has 2 heterocycles. The molecular formula is C18H21F4N3O4. The molecule has 2 N–H and O–H groups in total. The maximum Gasteiger partial charge on any atom is 0.573 e. The van der Waals surface area contributed by atoms with Crippen molar-refractivity contribution in [3.8, 4) is 5.75 Å². The summed E-state index contributed by atoms with van der Waals surface area (Å²) in [4.78, 5) is 26.2. The van der Waals surface area contributed by atoms with E-state index >= 15 is 0 Å². The van der Waals surface area contributed by atoms with Crippen molar-refractivity contribution in [3.05, 3.63) is 24.0 Å². The van der Waals surface area contributed by atoms with E-state index in [4.69, 9.17) is 4.74 Å². The van der Waals surface area contributed by atoms with Gasteiger partial charge in [-0.15, -0.1) is 13.2 Å². The first kappa shape index (κ1) is 21.2. The molecule has 2 aliphatic rings. The topological polar surface area (TPSA) is 79.9 Å². The summed E-state index contributed by atoms with van der Waals surface area (Å²) in [6.07, 6.45) is -3.14. The average Bonchev–Trinajstić information content (AvgIpc) is 3.18. The number of hydrogen-bond acceptors (Lipinski definition) is 4. The van der Waals surface area contributed by atoms with Gasteiger partial charge < -0.3 is 25.0 Å². The van der Waals surface area contributed by atoms with Gasteiger partial charge in [-0.3, -0.25) is 4.79 Å². The summed E-state index contributed by atoms with van der Waals surface area (Å²) in [7, 11) is 0. The Morgan fingerprint density at radius 3 is 2.48 bits per heavy atom. The van der Waals surface area contributed by atoms with Crippen molar-refractivity contribution in [2.75, 3.05) is 31.6 Å². The molecule has 3 rings (SSSR count). The van der Waals surface area contributed by atoms with E-state index in [0.29, 0.717) is 39.1 Å². The summed E-state index contributed by atoms with van der Waals surface area (Å²) in [5.74, 6) is -2.25. The van der Waals surface area contributed by atoms with Crippen LogP contribution in [0.15, 0.2) is 18.2 Å². The minimum Gasteiger partial charge on any atom is -0.403 e. The Balaban J connectivity index is 1.45. The molecule has 1 unspecified atom stereocenters. The number of piperidine rings is 1. The summed E-state index contributed by atoms with van der Waals surface area (Å²) in [6.45, 7) is 2.07. The third kappa shape index (κ3) is 5.96. The molecule has 160 valence electrons. The molecule has 7 nitrogen and oxygen atoms in total. The van der Waals surface area contributed by atoms with Gasteiger partial charge in [0.1, 0.15) is 0 Å². The fourth-order valence-corrected chi connectivity index (χ4v) is 3.37. The average molecular weight is 419 g/mol. The molecule has 3 amide bonds. The predicted molar refractivity (Wildman–Crippen MR) is 93.8 cm³/mol. The number of ether oxygens (including phenoxy) is 2. The first-order valence-electron chi connectivity index (χ1n) is 9.20. The van der Waals surface area contributed by atoms with Crippen LogP contribution in [0.4, 0.5) is 28.0 Å². The van der Waals surface area contributed by atoms with Crippen LogP contribution in [0, 0.1) is 11.7 Å². The van der Waals surface area contributed by atoms with Crippen molar-refractivity contribution >= 4 is 17.6 Å². The molecule has 1 aromatic rings. The lowest BCUT2D eigenvalue weighted by molar-refractivity contribution is -0.275. The molecule has 0 saturated carbocycles. The molecule has 0 aromatic heterocycles. The maximum atomic E-state index is 13.7. The van der Waals surface area contributed by atoms with Crippen molar-refractivity contribution in [1.82, 2.24) is 10.2 Å². The Labute approximate surface area is 164 Å². The molecule has 0 spiro atoms. The van der Waals surface area contributed by atoms with Gasteiger partial charge in [-0.1, -0.05) is 0 Å². The SMILES string of the molecule is O=C(Nc1ccc(OC(F)(F)F)c(F)c1)NC1CCN(C(=O)C2CCOC2)CC1. The summed E-state index contributed by atoms with van der Waals surface area (Å²) >= 11 is 0. The number of likely N-dealkylation sites (tertiary alicyclic amines) is 1. The van der Waals surface area contributed by atoms with Crippen LogP contribution in [0.1, 0.15) is 19.3 Å². The smallest absolute Gasteiger partial charge is 0.403 e. The van der Waals surface area contributed by atoms with E-state index in [-0.39, 0.29) is 23.6 Å². The molecule has 11 heteroatoms. The van der Waals surface area contributed by atoms with Crippen LogP contribution in [-0.2, 0) is 9.53 Å². The van der Waals surface area contributed by atoms with E-state index in [9.17, 15) is 27.2 Å². The Bertz CT molecular complexity index is 745. The zero-order valence-electron chi connectivity index (χ0n) is 15.4. The molecule has 0 aliphatic carbocycles.